The second-order valence-corrected chi connectivity index (χ2v) is 6.29. The smallest absolute Gasteiger partial charge is 0.329 e. The molecule has 0 aromatic heterocycles. The second-order valence-electron chi connectivity index (χ2n) is 5.85. The van der Waals surface area contributed by atoms with Gasteiger partial charge in [0.1, 0.15) is 5.70 Å². The van der Waals surface area contributed by atoms with E-state index in [0.717, 1.165) is 16.0 Å². The second kappa shape index (κ2) is 8.14. The molecule has 140 valence electrons. The molecule has 1 fully saturated rings. The van der Waals surface area contributed by atoms with Crippen LogP contribution < -0.4 is 14.8 Å². The van der Waals surface area contributed by atoms with Gasteiger partial charge in [0.2, 0.25) is 0 Å². The van der Waals surface area contributed by atoms with Gasteiger partial charge in [-0.3, -0.25) is 9.69 Å². The van der Waals surface area contributed by atoms with Crippen molar-refractivity contribution in [2.75, 3.05) is 13.7 Å². The number of benzene rings is 2. The standard InChI is InChI=1S/C20H19ClN2O4/c1-3-27-18-11-14(6-9-17(18)26-2)10-16-19(24)23(20(25)22-16)12-13-4-7-15(21)8-5-13/h4-11H,3,12H2,1-2H3,(H,22,25)/b16-10-. The maximum Gasteiger partial charge on any atom is 0.329 e. The number of amides is 3. The first-order valence-corrected chi connectivity index (χ1v) is 8.79. The summed E-state index contributed by atoms with van der Waals surface area (Å²) in [5.41, 5.74) is 1.74. The molecule has 2 aromatic carbocycles. The first kappa shape index (κ1) is 18.8. The quantitative estimate of drug-likeness (QED) is 0.605. The monoisotopic (exact) mass is 386 g/mol. The molecule has 1 heterocycles. The molecule has 1 aliphatic heterocycles. The largest absolute Gasteiger partial charge is 0.493 e. The van der Waals surface area contributed by atoms with Crippen molar-refractivity contribution in [1.82, 2.24) is 10.2 Å². The first-order valence-electron chi connectivity index (χ1n) is 8.41. The molecule has 6 nitrogen and oxygen atoms in total. The van der Waals surface area contributed by atoms with Crippen molar-refractivity contribution in [3.05, 3.63) is 64.3 Å². The number of halogens is 1. The highest BCUT2D eigenvalue weighted by Crippen LogP contribution is 2.29. The summed E-state index contributed by atoms with van der Waals surface area (Å²) in [5.74, 6) is 0.790. The lowest BCUT2D eigenvalue weighted by Crippen LogP contribution is -2.30. The number of hydrogen-bond donors (Lipinski definition) is 1. The maximum absolute atomic E-state index is 12.6. The number of nitrogens with one attached hydrogen (secondary N) is 1. The van der Waals surface area contributed by atoms with E-state index in [2.05, 4.69) is 5.32 Å². The van der Waals surface area contributed by atoms with Gasteiger partial charge in [-0.05, 0) is 48.4 Å². The number of urea groups is 1. The molecular formula is C20H19ClN2O4. The molecule has 0 bridgehead atoms. The summed E-state index contributed by atoms with van der Waals surface area (Å²) >= 11 is 5.87. The van der Waals surface area contributed by atoms with Crippen LogP contribution >= 0.6 is 11.6 Å². The third-order valence-electron chi connectivity index (χ3n) is 4.01. The average molecular weight is 387 g/mol. The van der Waals surface area contributed by atoms with Gasteiger partial charge in [-0.2, -0.15) is 0 Å². The molecule has 1 aliphatic rings. The van der Waals surface area contributed by atoms with Crippen LogP contribution in [0.2, 0.25) is 5.02 Å². The van der Waals surface area contributed by atoms with Crippen LogP contribution in [0.3, 0.4) is 0 Å². The molecule has 0 aliphatic carbocycles. The topological polar surface area (TPSA) is 67.9 Å². The van der Waals surface area contributed by atoms with E-state index < -0.39 is 6.03 Å². The van der Waals surface area contributed by atoms with Crippen LogP contribution in [0.1, 0.15) is 18.1 Å². The van der Waals surface area contributed by atoms with Crippen LogP contribution in [0, 0.1) is 0 Å². The summed E-state index contributed by atoms with van der Waals surface area (Å²) in [6.07, 6.45) is 1.62. The maximum atomic E-state index is 12.6. The summed E-state index contributed by atoms with van der Waals surface area (Å²) in [7, 11) is 1.56. The highest BCUT2D eigenvalue weighted by molar-refractivity contribution is 6.30. The van der Waals surface area contributed by atoms with Gasteiger partial charge in [0, 0.05) is 5.02 Å². The third kappa shape index (κ3) is 4.23. The fraction of sp³-hybridized carbons (Fsp3) is 0.200. The van der Waals surface area contributed by atoms with E-state index >= 15 is 0 Å². The number of carbonyl (C=O) groups is 2. The van der Waals surface area contributed by atoms with Crippen molar-refractivity contribution in [2.45, 2.75) is 13.5 Å². The lowest BCUT2D eigenvalue weighted by Gasteiger charge is -2.11. The highest BCUT2D eigenvalue weighted by Gasteiger charge is 2.33. The lowest BCUT2D eigenvalue weighted by atomic mass is 10.1. The zero-order valence-electron chi connectivity index (χ0n) is 15.0. The zero-order valence-corrected chi connectivity index (χ0v) is 15.7. The van der Waals surface area contributed by atoms with Crippen molar-refractivity contribution in [3.8, 4) is 11.5 Å². The van der Waals surface area contributed by atoms with E-state index in [0.29, 0.717) is 23.1 Å². The Morgan fingerprint density at radius 3 is 2.52 bits per heavy atom. The third-order valence-corrected chi connectivity index (χ3v) is 4.27. The predicted molar refractivity (Wildman–Crippen MR) is 103 cm³/mol. The van der Waals surface area contributed by atoms with Crippen molar-refractivity contribution in [2.24, 2.45) is 0 Å². The predicted octanol–water partition coefficient (Wildman–Crippen LogP) is 3.84. The minimum Gasteiger partial charge on any atom is -0.493 e. The fourth-order valence-electron chi connectivity index (χ4n) is 2.71. The molecule has 0 radical (unpaired) electrons. The Morgan fingerprint density at radius 1 is 1.11 bits per heavy atom. The van der Waals surface area contributed by atoms with Crippen molar-refractivity contribution in [1.29, 1.82) is 0 Å². The normalized spacial score (nSPS) is 15.2. The van der Waals surface area contributed by atoms with E-state index in [1.807, 2.05) is 6.92 Å². The first-order chi connectivity index (χ1) is 13.0. The molecule has 1 saturated heterocycles. The van der Waals surface area contributed by atoms with Crippen molar-refractivity contribution < 1.29 is 19.1 Å². The molecule has 2 aromatic rings. The summed E-state index contributed by atoms with van der Waals surface area (Å²) in [6, 6.07) is 11.8. The molecule has 3 rings (SSSR count). The van der Waals surface area contributed by atoms with Crippen molar-refractivity contribution in [3.63, 3.8) is 0 Å². The zero-order chi connectivity index (χ0) is 19.4. The fourth-order valence-corrected chi connectivity index (χ4v) is 2.83. The van der Waals surface area contributed by atoms with Gasteiger partial charge < -0.3 is 14.8 Å². The Morgan fingerprint density at radius 2 is 1.85 bits per heavy atom. The molecule has 27 heavy (non-hydrogen) atoms. The van der Waals surface area contributed by atoms with E-state index in [9.17, 15) is 9.59 Å². The highest BCUT2D eigenvalue weighted by atomic mass is 35.5. The summed E-state index contributed by atoms with van der Waals surface area (Å²) in [5, 5.41) is 3.21. The number of methoxy groups -OCH3 is 1. The number of nitrogens with zero attached hydrogens (tertiary/aromatic N) is 1. The van der Waals surface area contributed by atoms with Gasteiger partial charge >= 0.3 is 6.03 Å². The SMILES string of the molecule is CCOc1cc(/C=C2\NC(=O)N(Cc3ccc(Cl)cc3)C2=O)ccc1OC. The molecular weight excluding hydrogens is 368 g/mol. The van der Waals surface area contributed by atoms with Gasteiger partial charge in [-0.1, -0.05) is 29.8 Å². The minimum atomic E-state index is -0.459. The van der Waals surface area contributed by atoms with Gasteiger partial charge in [0.05, 0.1) is 20.3 Å². The Labute approximate surface area is 162 Å². The molecule has 1 N–H and O–H groups in total. The van der Waals surface area contributed by atoms with E-state index in [4.69, 9.17) is 21.1 Å². The molecule has 7 heteroatoms. The average Bonchev–Trinajstić information content (AvgIpc) is 2.91. The lowest BCUT2D eigenvalue weighted by molar-refractivity contribution is -0.123. The van der Waals surface area contributed by atoms with Gasteiger partial charge in [-0.25, -0.2) is 4.79 Å². The molecule has 0 saturated carbocycles. The number of carbonyl (C=O) groups excluding carboxylic acids is 2. The van der Waals surface area contributed by atoms with Crippen LogP contribution in [0.4, 0.5) is 4.79 Å². The van der Waals surface area contributed by atoms with E-state index in [1.54, 1.807) is 55.7 Å². The Hall–Kier alpha value is -2.99. The van der Waals surface area contributed by atoms with E-state index in [-0.39, 0.29) is 18.1 Å². The van der Waals surface area contributed by atoms with Crippen molar-refractivity contribution >= 4 is 29.6 Å². The van der Waals surface area contributed by atoms with Gasteiger partial charge in [0.25, 0.3) is 5.91 Å². The van der Waals surface area contributed by atoms with Crippen LogP contribution in [0.15, 0.2) is 48.2 Å². The molecule has 3 amide bonds. The molecule has 0 spiro atoms. The molecule has 0 atom stereocenters. The van der Waals surface area contributed by atoms with Crippen LogP contribution in [0.25, 0.3) is 6.08 Å². The van der Waals surface area contributed by atoms with Crippen LogP contribution in [0.5, 0.6) is 11.5 Å². The van der Waals surface area contributed by atoms with E-state index in [1.165, 1.54) is 0 Å². The number of imide groups is 1. The van der Waals surface area contributed by atoms with Crippen LogP contribution in [-0.2, 0) is 11.3 Å². The Bertz CT molecular complexity index is 893. The summed E-state index contributed by atoms with van der Waals surface area (Å²) < 4.78 is 10.8. The minimum absolute atomic E-state index is 0.173. The van der Waals surface area contributed by atoms with Gasteiger partial charge in [0.15, 0.2) is 11.5 Å². The Kier molecular flexibility index (Phi) is 5.66. The summed E-state index contributed by atoms with van der Waals surface area (Å²) in [6.45, 7) is 2.53. The number of ether oxygens (including phenoxy) is 2. The number of rotatable bonds is 6. The van der Waals surface area contributed by atoms with Gasteiger partial charge in [-0.15, -0.1) is 0 Å². The number of hydrogen-bond acceptors (Lipinski definition) is 4. The summed E-state index contributed by atoms with van der Waals surface area (Å²) in [4.78, 5) is 26.0. The van der Waals surface area contributed by atoms with Crippen LogP contribution in [-0.4, -0.2) is 30.6 Å². The Balaban J connectivity index is 1.81. The molecule has 0 unspecified atom stereocenters.